The van der Waals surface area contributed by atoms with Crippen LogP contribution in [0.5, 0.6) is 0 Å². The third-order valence-electron chi connectivity index (χ3n) is 3.72. The van der Waals surface area contributed by atoms with Gasteiger partial charge in [0.2, 0.25) is 5.91 Å². The topological polar surface area (TPSA) is 49.4 Å². The van der Waals surface area contributed by atoms with Gasteiger partial charge in [0.05, 0.1) is 6.42 Å². The fourth-order valence-electron chi connectivity index (χ4n) is 2.40. The van der Waals surface area contributed by atoms with Crippen LogP contribution < -0.4 is 5.32 Å². The molecule has 0 aliphatic rings. The SMILES string of the molecule is CN(C)CCCNC(=O)Cc1ccc(C(=O)c2ccccc2)cc1. The van der Waals surface area contributed by atoms with Crippen molar-refractivity contribution in [3.63, 3.8) is 0 Å². The molecule has 0 saturated carbocycles. The third kappa shape index (κ3) is 5.63. The fraction of sp³-hybridized carbons (Fsp3) is 0.300. The van der Waals surface area contributed by atoms with Crippen LogP contribution in [0.3, 0.4) is 0 Å². The summed E-state index contributed by atoms with van der Waals surface area (Å²) >= 11 is 0. The van der Waals surface area contributed by atoms with Crippen LogP contribution >= 0.6 is 0 Å². The van der Waals surface area contributed by atoms with Crippen molar-refractivity contribution in [3.05, 3.63) is 71.3 Å². The second kappa shape index (κ2) is 8.99. The van der Waals surface area contributed by atoms with E-state index < -0.39 is 0 Å². The zero-order valence-corrected chi connectivity index (χ0v) is 14.3. The summed E-state index contributed by atoms with van der Waals surface area (Å²) in [5, 5.41) is 2.92. The van der Waals surface area contributed by atoms with Crippen molar-refractivity contribution < 1.29 is 9.59 Å². The lowest BCUT2D eigenvalue weighted by Gasteiger charge is -2.10. The van der Waals surface area contributed by atoms with Crippen molar-refractivity contribution in [3.8, 4) is 0 Å². The monoisotopic (exact) mass is 324 g/mol. The highest BCUT2D eigenvalue weighted by molar-refractivity contribution is 6.08. The highest BCUT2D eigenvalue weighted by Crippen LogP contribution is 2.11. The Kier molecular flexibility index (Phi) is 6.70. The summed E-state index contributed by atoms with van der Waals surface area (Å²) in [6, 6.07) is 16.4. The lowest BCUT2D eigenvalue weighted by Crippen LogP contribution is -2.28. The van der Waals surface area contributed by atoms with Gasteiger partial charge < -0.3 is 10.2 Å². The molecule has 4 heteroatoms. The Balaban J connectivity index is 1.86. The second-order valence-corrected chi connectivity index (χ2v) is 6.08. The average molecular weight is 324 g/mol. The number of carbonyl (C=O) groups is 2. The molecule has 2 aromatic rings. The predicted molar refractivity (Wildman–Crippen MR) is 96.2 cm³/mol. The van der Waals surface area contributed by atoms with Crippen LogP contribution in [-0.2, 0) is 11.2 Å². The van der Waals surface area contributed by atoms with E-state index in [9.17, 15) is 9.59 Å². The lowest BCUT2D eigenvalue weighted by molar-refractivity contribution is -0.120. The van der Waals surface area contributed by atoms with E-state index in [2.05, 4.69) is 10.2 Å². The first-order chi connectivity index (χ1) is 11.6. The van der Waals surface area contributed by atoms with Crippen molar-refractivity contribution in [2.75, 3.05) is 27.2 Å². The van der Waals surface area contributed by atoms with E-state index in [-0.39, 0.29) is 11.7 Å². The summed E-state index contributed by atoms with van der Waals surface area (Å²) in [5.74, 6) is 0.00572. The molecule has 2 rings (SSSR count). The molecule has 1 amide bonds. The lowest BCUT2D eigenvalue weighted by atomic mass is 10.0. The highest BCUT2D eigenvalue weighted by atomic mass is 16.1. The molecule has 0 spiro atoms. The number of amides is 1. The van der Waals surface area contributed by atoms with Crippen LogP contribution in [0.15, 0.2) is 54.6 Å². The maximum atomic E-state index is 12.3. The van der Waals surface area contributed by atoms with E-state index in [0.29, 0.717) is 24.1 Å². The van der Waals surface area contributed by atoms with E-state index in [1.807, 2.05) is 44.4 Å². The number of ketones is 1. The average Bonchev–Trinajstić information content (AvgIpc) is 2.59. The molecule has 0 aromatic heterocycles. The quantitative estimate of drug-likeness (QED) is 0.600. The van der Waals surface area contributed by atoms with Crippen LogP contribution in [0.25, 0.3) is 0 Å². The zero-order chi connectivity index (χ0) is 17.4. The molecule has 126 valence electrons. The number of hydrogen-bond donors (Lipinski definition) is 1. The molecule has 0 saturated heterocycles. The molecule has 0 unspecified atom stereocenters. The first kappa shape index (κ1) is 17.9. The van der Waals surface area contributed by atoms with Gasteiger partial charge in [0, 0.05) is 17.7 Å². The molecule has 0 bridgehead atoms. The van der Waals surface area contributed by atoms with E-state index in [1.54, 1.807) is 24.3 Å². The zero-order valence-electron chi connectivity index (χ0n) is 14.3. The molecule has 0 atom stereocenters. The Morgan fingerprint density at radius 2 is 1.54 bits per heavy atom. The molecule has 0 radical (unpaired) electrons. The number of hydrogen-bond acceptors (Lipinski definition) is 3. The summed E-state index contributed by atoms with van der Waals surface area (Å²) in [6.45, 7) is 1.64. The first-order valence-electron chi connectivity index (χ1n) is 8.16. The van der Waals surface area contributed by atoms with Gasteiger partial charge in [-0.3, -0.25) is 9.59 Å². The summed E-state index contributed by atoms with van der Waals surface area (Å²) in [7, 11) is 4.03. The van der Waals surface area contributed by atoms with Gasteiger partial charge in [-0.2, -0.15) is 0 Å². The van der Waals surface area contributed by atoms with Gasteiger partial charge in [0.1, 0.15) is 0 Å². The maximum Gasteiger partial charge on any atom is 0.224 e. The van der Waals surface area contributed by atoms with Crippen molar-refractivity contribution in [2.45, 2.75) is 12.8 Å². The molecule has 2 aromatic carbocycles. The Morgan fingerprint density at radius 3 is 2.17 bits per heavy atom. The van der Waals surface area contributed by atoms with Gasteiger partial charge in [-0.25, -0.2) is 0 Å². The van der Waals surface area contributed by atoms with Crippen LogP contribution in [0, 0.1) is 0 Å². The summed E-state index contributed by atoms with van der Waals surface area (Å²) in [6.07, 6.45) is 1.27. The van der Waals surface area contributed by atoms with Crippen LogP contribution in [0.4, 0.5) is 0 Å². The largest absolute Gasteiger partial charge is 0.356 e. The van der Waals surface area contributed by atoms with Crippen molar-refractivity contribution in [1.29, 1.82) is 0 Å². The first-order valence-corrected chi connectivity index (χ1v) is 8.16. The Hall–Kier alpha value is -2.46. The minimum atomic E-state index is -0.00436. The minimum Gasteiger partial charge on any atom is -0.356 e. The van der Waals surface area contributed by atoms with Gasteiger partial charge in [-0.15, -0.1) is 0 Å². The van der Waals surface area contributed by atoms with E-state index in [0.717, 1.165) is 18.5 Å². The van der Waals surface area contributed by atoms with Gasteiger partial charge >= 0.3 is 0 Å². The molecule has 4 nitrogen and oxygen atoms in total. The molecule has 24 heavy (non-hydrogen) atoms. The Labute approximate surface area is 143 Å². The predicted octanol–water partition coefficient (Wildman–Crippen LogP) is 2.53. The van der Waals surface area contributed by atoms with E-state index >= 15 is 0 Å². The molecule has 0 fully saturated rings. The van der Waals surface area contributed by atoms with Gasteiger partial charge in [-0.1, -0.05) is 54.6 Å². The summed E-state index contributed by atoms with van der Waals surface area (Å²) in [4.78, 5) is 26.3. The number of nitrogens with zero attached hydrogens (tertiary/aromatic N) is 1. The van der Waals surface area contributed by atoms with Crippen molar-refractivity contribution in [2.24, 2.45) is 0 Å². The number of rotatable bonds is 8. The van der Waals surface area contributed by atoms with Gasteiger partial charge in [-0.05, 0) is 32.6 Å². The molecule has 1 N–H and O–H groups in total. The van der Waals surface area contributed by atoms with Crippen molar-refractivity contribution in [1.82, 2.24) is 10.2 Å². The third-order valence-corrected chi connectivity index (χ3v) is 3.72. The standard InChI is InChI=1S/C20H24N2O2/c1-22(2)14-6-13-21-19(23)15-16-9-11-18(12-10-16)20(24)17-7-4-3-5-8-17/h3-5,7-12H,6,13-15H2,1-2H3,(H,21,23). The smallest absolute Gasteiger partial charge is 0.224 e. The molecule has 0 heterocycles. The number of benzene rings is 2. The number of nitrogens with one attached hydrogen (secondary N) is 1. The Bertz CT molecular complexity index is 664. The molecular weight excluding hydrogens is 300 g/mol. The van der Waals surface area contributed by atoms with Crippen molar-refractivity contribution >= 4 is 11.7 Å². The summed E-state index contributed by atoms with van der Waals surface area (Å²) < 4.78 is 0. The molecule has 0 aliphatic heterocycles. The Morgan fingerprint density at radius 1 is 0.917 bits per heavy atom. The second-order valence-electron chi connectivity index (χ2n) is 6.08. The van der Waals surface area contributed by atoms with Crippen LogP contribution in [0.1, 0.15) is 27.9 Å². The van der Waals surface area contributed by atoms with Gasteiger partial charge in [0.25, 0.3) is 0 Å². The number of carbonyl (C=O) groups excluding carboxylic acids is 2. The van der Waals surface area contributed by atoms with Crippen LogP contribution in [0.2, 0.25) is 0 Å². The van der Waals surface area contributed by atoms with Crippen LogP contribution in [-0.4, -0.2) is 43.8 Å². The van der Waals surface area contributed by atoms with Gasteiger partial charge in [0.15, 0.2) is 5.78 Å². The highest BCUT2D eigenvalue weighted by Gasteiger charge is 2.09. The summed E-state index contributed by atoms with van der Waals surface area (Å²) in [5.41, 5.74) is 2.21. The molecular formula is C20H24N2O2. The van der Waals surface area contributed by atoms with E-state index in [1.165, 1.54) is 0 Å². The fourth-order valence-corrected chi connectivity index (χ4v) is 2.40. The normalized spacial score (nSPS) is 10.6. The minimum absolute atomic E-state index is 0.00436. The van der Waals surface area contributed by atoms with E-state index in [4.69, 9.17) is 0 Å². The maximum absolute atomic E-state index is 12.3. The molecule has 0 aliphatic carbocycles.